The third-order valence-electron chi connectivity index (χ3n) is 7.34. The maximum absolute atomic E-state index is 13.6. The van der Waals surface area contributed by atoms with E-state index in [4.69, 9.17) is 22.2 Å². The Morgan fingerprint density at radius 1 is 1.24 bits per heavy atom. The van der Waals surface area contributed by atoms with Gasteiger partial charge in [-0.05, 0) is 43.9 Å². The first-order valence-corrected chi connectivity index (χ1v) is 13.0. The number of nitrogens with two attached hydrogens (primary N) is 1. The summed E-state index contributed by atoms with van der Waals surface area (Å²) in [6, 6.07) is 4.56. The molecule has 7 nitrogen and oxygen atoms in total. The molecule has 0 amide bonds. The monoisotopic (exact) mass is 530 g/mol. The zero-order chi connectivity index (χ0) is 26.3. The molecular formula is C26H31F3N7S+. The number of halogens is 3. The molecule has 2 aliphatic heterocycles. The van der Waals surface area contributed by atoms with Crippen molar-refractivity contribution < 1.29 is 18.5 Å². The first-order chi connectivity index (χ1) is 17.6. The van der Waals surface area contributed by atoms with Gasteiger partial charge in [0.2, 0.25) is 5.95 Å². The van der Waals surface area contributed by atoms with Crippen LogP contribution >= 0.6 is 12.2 Å². The van der Waals surface area contributed by atoms with Crippen LogP contribution in [0, 0.1) is 12.8 Å². The van der Waals surface area contributed by atoms with Crippen LogP contribution in [0.25, 0.3) is 5.57 Å². The number of piperidine rings is 1. The molecular weight excluding hydrogens is 499 g/mol. The number of fused-ring (bicyclic) bond motifs is 2. The van der Waals surface area contributed by atoms with Crippen molar-refractivity contribution in [3.05, 3.63) is 52.6 Å². The molecule has 4 N–H and O–H groups in total. The number of aryl methyl sites for hydroxylation is 1. The predicted molar refractivity (Wildman–Crippen MR) is 142 cm³/mol. The highest BCUT2D eigenvalue weighted by molar-refractivity contribution is 7.80. The van der Waals surface area contributed by atoms with Crippen LogP contribution in [-0.2, 0) is 6.42 Å². The van der Waals surface area contributed by atoms with E-state index in [9.17, 15) is 13.2 Å². The zero-order valence-corrected chi connectivity index (χ0v) is 21.9. The van der Waals surface area contributed by atoms with Crippen molar-refractivity contribution in [3.63, 3.8) is 0 Å². The number of hydrogen-bond acceptors (Lipinski definition) is 6. The minimum atomic E-state index is -4.39. The van der Waals surface area contributed by atoms with Gasteiger partial charge in [-0.25, -0.2) is 15.0 Å². The van der Waals surface area contributed by atoms with E-state index in [-0.39, 0.29) is 6.42 Å². The molecule has 0 bridgehead atoms. The Labute approximate surface area is 219 Å². The van der Waals surface area contributed by atoms with E-state index in [0.717, 1.165) is 47.8 Å². The molecule has 0 saturated carbocycles. The van der Waals surface area contributed by atoms with Crippen LogP contribution in [0.3, 0.4) is 0 Å². The lowest BCUT2D eigenvalue weighted by atomic mass is 9.84. The lowest BCUT2D eigenvalue weighted by molar-refractivity contribution is -0.662. The van der Waals surface area contributed by atoms with Crippen molar-refractivity contribution in [1.29, 1.82) is 0 Å². The average molecular weight is 531 g/mol. The van der Waals surface area contributed by atoms with E-state index < -0.39 is 17.7 Å². The fourth-order valence-corrected chi connectivity index (χ4v) is 5.57. The van der Waals surface area contributed by atoms with Crippen molar-refractivity contribution in [2.24, 2.45) is 5.92 Å². The fourth-order valence-electron chi connectivity index (χ4n) is 5.30. The molecule has 1 saturated heterocycles. The van der Waals surface area contributed by atoms with Gasteiger partial charge in [-0.1, -0.05) is 19.1 Å². The lowest BCUT2D eigenvalue weighted by Gasteiger charge is -2.31. The molecule has 196 valence electrons. The zero-order valence-electron chi connectivity index (χ0n) is 21.1. The second-order valence-electron chi connectivity index (χ2n) is 10.00. The van der Waals surface area contributed by atoms with E-state index in [2.05, 4.69) is 32.9 Å². The van der Waals surface area contributed by atoms with E-state index >= 15 is 0 Å². The van der Waals surface area contributed by atoms with Gasteiger partial charge in [-0.15, -0.1) is 0 Å². The van der Waals surface area contributed by atoms with Crippen LogP contribution in [-0.4, -0.2) is 52.3 Å². The molecule has 11 heteroatoms. The van der Waals surface area contributed by atoms with Crippen LogP contribution in [0.15, 0.2) is 35.7 Å². The van der Waals surface area contributed by atoms with Gasteiger partial charge in [0, 0.05) is 48.0 Å². The Hall–Kier alpha value is -3.05. The highest BCUT2D eigenvalue weighted by atomic mass is 32.1. The smallest absolute Gasteiger partial charge is 0.351 e. The summed E-state index contributed by atoms with van der Waals surface area (Å²) in [6.07, 6.45) is 1.42. The first kappa shape index (κ1) is 25.6. The summed E-state index contributed by atoms with van der Waals surface area (Å²) >= 11 is 5.39. The number of quaternary nitrogens is 1. The number of aromatic nitrogens is 3. The van der Waals surface area contributed by atoms with E-state index in [0.29, 0.717) is 34.8 Å². The molecule has 0 radical (unpaired) electrons. The summed E-state index contributed by atoms with van der Waals surface area (Å²) in [5, 5.41) is 8.53. The topological polar surface area (TPSA) is 82.6 Å². The molecule has 3 aliphatic rings. The number of hydrogen-bond donors (Lipinski definition) is 3. The van der Waals surface area contributed by atoms with Crippen molar-refractivity contribution >= 4 is 40.2 Å². The summed E-state index contributed by atoms with van der Waals surface area (Å²) < 4.78 is 40.7. The Bertz CT molecular complexity index is 1290. The second kappa shape index (κ2) is 10.0. The van der Waals surface area contributed by atoms with Crippen LogP contribution in [0.5, 0.6) is 0 Å². The van der Waals surface area contributed by atoms with Gasteiger partial charge >= 0.3 is 6.18 Å². The summed E-state index contributed by atoms with van der Waals surface area (Å²) in [4.78, 5) is 16.8. The number of likely N-dealkylation sites (N-methyl/N-ethyl adjacent to an activating group) is 1. The number of thiocarbonyl (C=S) groups is 1. The van der Waals surface area contributed by atoms with Crippen molar-refractivity contribution in [1.82, 2.24) is 20.3 Å². The highest BCUT2D eigenvalue weighted by Gasteiger charge is 2.40. The Morgan fingerprint density at radius 2 is 2.05 bits per heavy atom. The summed E-state index contributed by atoms with van der Waals surface area (Å²) in [6.45, 7) is 5.50. The fraction of sp³-hybridized carbons (Fsp3) is 0.462. The van der Waals surface area contributed by atoms with Crippen LogP contribution < -0.4 is 20.9 Å². The summed E-state index contributed by atoms with van der Waals surface area (Å²) in [5.41, 5.74) is 3.56. The largest absolute Gasteiger partial charge is 0.413 e. The minimum Gasteiger partial charge on any atom is -0.351 e. The van der Waals surface area contributed by atoms with Gasteiger partial charge in [0.05, 0.1) is 35.7 Å². The Balaban J connectivity index is 1.44. The maximum Gasteiger partial charge on any atom is 0.413 e. The quantitative estimate of drug-likeness (QED) is 0.519. The van der Waals surface area contributed by atoms with Crippen molar-refractivity contribution in [2.45, 2.75) is 51.7 Å². The number of pyridine rings is 1. The van der Waals surface area contributed by atoms with Crippen LogP contribution in [0.1, 0.15) is 43.1 Å². The molecule has 0 aromatic carbocycles. The second-order valence-corrected chi connectivity index (χ2v) is 10.5. The van der Waals surface area contributed by atoms with Crippen LogP contribution in [0.4, 0.5) is 30.6 Å². The average Bonchev–Trinajstić information content (AvgIpc) is 2.99. The number of alkyl halides is 3. The van der Waals surface area contributed by atoms with Gasteiger partial charge < -0.3 is 20.9 Å². The van der Waals surface area contributed by atoms with E-state index in [1.54, 1.807) is 13.1 Å². The number of rotatable bonds is 4. The SMILES string of the molecule is C[NH2+]C1CCCN(c2ccc(Nc3ncc4c(n3)C3=C(C=C(C(F)(F)F)C(C)C3)NC(=S)C4)c(C)n2)C1. The van der Waals surface area contributed by atoms with Gasteiger partial charge in [-0.2, -0.15) is 13.2 Å². The predicted octanol–water partition coefficient (Wildman–Crippen LogP) is 3.80. The van der Waals surface area contributed by atoms with E-state index in [1.165, 1.54) is 12.5 Å². The van der Waals surface area contributed by atoms with Gasteiger partial charge in [-0.3, -0.25) is 0 Å². The number of nitrogens with zero attached hydrogens (tertiary/aromatic N) is 4. The molecule has 1 fully saturated rings. The normalized spacial score (nSPS) is 22.1. The lowest BCUT2D eigenvalue weighted by Crippen LogP contribution is -2.88. The molecule has 1 aliphatic carbocycles. The molecule has 2 unspecified atom stereocenters. The maximum atomic E-state index is 13.6. The molecule has 5 rings (SSSR count). The first-order valence-electron chi connectivity index (χ1n) is 12.6. The third-order valence-corrected chi connectivity index (χ3v) is 7.59. The van der Waals surface area contributed by atoms with Gasteiger partial charge in [0.15, 0.2) is 0 Å². The molecule has 0 spiro atoms. The molecule has 2 atom stereocenters. The molecule has 37 heavy (non-hydrogen) atoms. The van der Waals surface area contributed by atoms with Gasteiger partial charge in [0.25, 0.3) is 0 Å². The number of anilines is 3. The van der Waals surface area contributed by atoms with Gasteiger partial charge in [0.1, 0.15) is 11.9 Å². The number of nitrogens with one attached hydrogen (secondary N) is 2. The molecule has 4 heterocycles. The summed E-state index contributed by atoms with van der Waals surface area (Å²) in [5.74, 6) is 0.633. The van der Waals surface area contributed by atoms with Crippen LogP contribution in [0.2, 0.25) is 0 Å². The highest BCUT2D eigenvalue weighted by Crippen LogP contribution is 2.42. The Morgan fingerprint density at radius 3 is 2.78 bits per heavy atom. The molecule has 2 aromatic rings. The minimum absolute atomic E-state index is 0.209. The van der Waals surface area contributed by atoms with Crippen molar-refractivity contribution in [2.75, 3.05) is 30.4 Å². The third kappa shape index (κ3) is 5.33. The number of allylic oxidation sites excluding steroid dienone is 3. The Kier molecular flexibility index (Phi) is 6.93. The van der Waals surface area contributed by atoms with E-state index in [1.807, 2.05) is 19.1 Å². The molecule has 2 aromatic heterocycles. The van der Waals surface area contributed by atoms with Crippen molar-refractivity contribution in [3.8, 4) is 0 Å². The standard InChI is InChI=1S/C26H30F3N7S/c1-14-9-18-21(11-19(14)26(27,28)29)33-23(37)10-16-12-31-25(35-24(16)18)34-20-6-7-22(32-15(20)2)36-8-4-5-17(13-36)30-3/h6-7,11-12,14,17,30H,4-5,8-10,13H2,1-3H3,(H,33,37)(H,31,34,35)/p+1. The summed E-state index contributed by atoms with van der Waals surface area (Å²) in [7, 11) is 2.11.